The first kappa shape index (κ1) is 18.4. The third-order valence-corrected chi connectivity index (χ3v) is 6.79. The number of carbonyl (C=O) groups is 1. The lowest BCUT2D eigenvalue weighted by Crippen LogP contribution is -2.39. The quantitative estimate of drug-likeness (QED) is 0.544. The van der Waals surface area contributed by atoms with E-state index < -0.39 is 7.75 Å². The van der Waals surface area contributed by atoms with Crippen LogP contribution in [0.4, 0.5) is 4.79 Å². The number of hydrogen-bond donors (Lipinski definition) is 0. The number of fused-ring (bicyclic) bond motifs is 1. The molecule has 0 spiro atoms. The molecule has 2 aliphatic rings. The molecule has 0 saturated carbocycles. The molecular formula is C17H25N2O5P. The first-order valence-electron chi connectivity index (χ1n) is 8.72. The Kier molecular flexibility index (Phi) is 5.79. The van der Waals surface area contributed by atoms with Crippen LogP contribution < -0.4 is 0 Å². The van der Waals surface area contributed by atoms with E-state index in [1.54, 1.807) is 23.4 Å². The van der Waals surface area contributed by atoms with Gasteiger partial charge in [-0.1, -0.05) is 30.3 Å². The van der Waals surface area contributed by atoms with Crippen molar-refractivity contribution in [3.05, 3.63) is 35.9 Å². The number of rotatable bonds is 7. The summed E-state index contributed by atoms with van der Waals surface area (Å²) in [5.41, 5.74) is 0.955. The van der Waals surface area contributed by atoms with Gasteiger partial charge in [0.25, 0.3) is 0 Å². The van der Waals surface area contributed by atoms with E-state index in [0.29, 0.717) is 26.3 Å². The molecule has 8 heteroatoms. The predicted molar refractivity (Wildman–Crippen MR) is 93.1 cm³/mol. The lowest BCUT2D eigenvalue weighted by Gasteiger charge is -2.24. The molecule has 3 atom stereocenters. The number of ether oxygens (including phenoxy) is 1. The van der Waals surface area contributed by atoms with Gasteiger partial charge < -0.3 is 9.64 Å². The van der Waals surface area contributed by atoms with Gasteiger partial charge in [0.15, 0.2) is 0 Å². The number of nitrogens with zero attached hydrogens (tertiary/aromatic N) is 2. The molecule has 3 rings (SSSR count). The standard InChI is InChI=1S/C17H25N2O5P/c1-3-23-25(21,24-4-2)19-15-10-11-18(12-16(15)19)17(20)22-13-14-8-6-5-7-9-14/h5-9,15-16H,3-4,10-13H2,1-2H3/t15-,16+,19?/m0/s1. The molecule has 0 N–H and O–H groups in total. The van der Waals surface area contributed by atoms with Gasteiger partial charge >= 0.3 is 13.8 Å². The van der Waals surface area contributed by atoms with Crippen molar-refractivity contribution in [2.24, 2.45) is 0 Å². The highest BCUT2D eigenvalue weighted by atomic mass is 31.2. The van der Waals surface area contributed by atoms with Crippen LogP contribution in [0.2, 0.25) is 0 Å². The summed E-state index contributed by atoms with van der Waals surface area (Å²) in [6.45, 7) is 5.58. The van der Waals surface area contributed by atoms with Crippen LogP contribution in [-0.4, -0.2) is 54.1 Å². The molecule has 25 heavy (non-hydrogen) atoms. The molecule has 1 amide bonds. The summed E-state index contributed by atoms with van der Waals surface area (Å²) < 4.78 is 30.9. The molecule has 138 valence electrons. The summed E-state index contributed by atoms with van der Waals surface area (Å²) in [4.78, 5) is 14.0. The monoisotopic (exact) mass is 368 g/mol. The fraction of sp³-hybridized carbons (Fsp3) is 0.588. The average Bonchev–Trinajstić information content (AvgIpc) is 3.35. The molecule has 0 aliphatic carbocycles. The Bertz CT molecular complexity index is 631. The summed E-state index contributed by atoms with van der Waals surface area (Å²) in [6, 6.07) is 9.76. The number of carbonyl (C=O) groups excluding carboxylic acids is 1. The van der Waals surface area contributed by atoms with Gasteiger partial charge in [0, 0.05) is 19.1 Å². The Morgan fingerprint density at radius 1 is 1.16 bits per heavy atom. The van der Waals surface area contributed by atoms with Crippen molar-refractivity contribution in [3.63, 3.8) is 0 Å². The Labute approximate surface area is 148 Å². The number of amides is 1. The minimum atomic E-state index is -3.25. The van der Waals surface area contributed by atoms with Crippen molar-refractivity contribution in [1.82, 2.24) is 9.57 Å². The number of benzene rings is 1. The molecule has 2 aliphatic heterocycles. The van der Waals surface area contributed by atoms with E-state index in [-0.39, 0.29) is 24.8 Å². The third kappa shape index (κ3) is 4.06. The second-order valence-electron chi connectivity index (χ2n) is 6.09. The van der Waals surface area contributed by atoms with Crippen molar-refractivity contribution in [2.45, 2.75) is 39.0 Å². The molecule has 0 aromatic heterocycles. The van der Waals surface area contributed by atoms with Gasteiger partial charge in [-0.2, -0.15) is 4.67 Å². The molecule has 1 aromatic rings. The van der Waals surface area contributed by atoms with Crippen LogP contribution in [-0.2, 0) is 25.0 Å². The van der Waals surface area contributed by atoms with Crippen LogP contribution in [0, 0.1) is 0 Å². The van der Waals surface area contributed by atoms with Crippen molar-refractivity contribution in [3.8, 4) is 0 Å². The van der Waals surface area contributed by atoms with Crippen LogP contribution in [0.15, 0.2) is 30.3 Å². The molecule has 2 saturated heterocycles. The Morgan fingerprint density at radius 3 is 2.48 bits per heavy atom. The van der Waals surface area contributed by atoms with Crippen LogP contribution in [0.25, 0.3) is 0 Å². The molecule has 0 bridgehead atoms. The average molecular weight is 368 g/mol. The van der Waals surface area contributed by atoms with E-state index in [2.05, 4.69) is 0 Å². The first-order chi connectivity index (χ1) is 12.1. The van der Waals surface area contributed by atoms with E-state index in [1.807, 2.05) is 30.3 Å². The van der Waals surface area contributed by atoms with E-state index in [4.69, 9.17) is 13.8 Å². The minimum absolute atomic E-state index is 0.0157. The van der Waals surface area contributed by atoms with Gasteiger partial charge in [0.2, 0.25) is 0 Å². The minimum Gasteiger partial charge on any atom is -0.445 e. The number of hydrogen-bond acceptors (Lipinski definition) is 5. The maximum atomic E-state index is 12.9. The summed E-state index contributed by atoms with van der Waals surface area (Å²) in [6.07, 6.45) is 0.409. The fourth-order valence-corrected chi connectivity index (χ4v) is 5.45. The van der Waals surface area contributed by atoms with Crippen molar-refractivity contribution in [2.75, 3.05) is 26.3 Å². The first-order valence-corrected chi connectivity index (χ1v) is 10.2. The van der Waals surface area contributed by atoms with Crippen molar-refractivity contribution >= 4 is 13.8 Å². The Morgan fingerprint density at radius 2 is 1.84 bits per heavy atom. The van der Waals surface area contributed by atoms with Gasteiger partial charge in [-0.25, -0.2) is 9.36 Å². The van der Waals surface area contributed by atoms with E-state index in [9.17, 15) is 9.36 Å². The van der Waals surface area contributed by atoms with Gasteiger partial charge in [0.05, 0.1) is 19.3 Å². The Hall–Kier alpha value is -1.40. The number of likely N-dealkylation sites (tertiary alicyclic amines) is 1. The van der Waals surface area contributed by atoms with Crippen LogP contribution in [0.1, 0.15) is 25.8 Å². The highest BCUT2D eigenvalue weighted by molar-refractivity contribution is 7.51. The van der Waals surface area contributed by atoms with Gasteiger partial charge in [-0.05, 0) is 25.8 Å². The molecule has 2 fully saturated rings. The van der Waals surface area contributed by atoms with Gasteiger partial charge in [0.1, 0.15) is 6.61 Å². The van der Waals surface area contributed by atoms with Crippen molar-refractivity contribution < 1.29 is 23.1 Å². The van der Waals surface area contributed by atoms with E-state index >= 15 is 0 Å². The topological polar surface area (TPSA) is 68.1 Å². The Balaban J connectivity index is 1.54. The van der Waals surface area contributed by atoms with Crippen LogP contribution in [0.3, 0.4) is 0 Å². The van der Waals surface area contributed by atoms with Crippen LogP contribution in [0.5, 0.6) is 0 Å². The molecule has 7 nitrogen and oxygen atoms in total. The normalized spacial score (nSPS) is 25.4. The summed E-state index contributed by atoms with van der Waals surface area (Å²) in [5.74, 6) is 0. The second kappa shape index (κ2) is 7.87. The third-order valence-electron chi connectivity index (χ3n) is 4.47. The van der Waals surface area contributed by atoms with Gasteiger partial charge in [-0.3, -0.25) is 9.05 Å². The number of piperidine rings is 1. The van der Waals surface area contributed by atoms with Gasteiger partial charge in [-0.15, -0.1) is 0 Å². The molecule has 1 unspecified atom stereocenters. The molecule has 1 aromatic carbocycles. The molecule has 0 radical (unpaired) electrons. The highest BCUT2D eigenvalue weighted by Gasteiger charge is 2.61. The second-order valence-corrected chi connectivity index (χ2v) is 8.01. The fourth-order valence-electron chi connectivity index (χ4n) is 3.29. The smallest absolute Gasteiger partial charge is 0.410 e. The zero-order valence-corrected chi connectivity index (χ0v) is 15.6. The maximum Gasteiger partial charge on any atom is 0.410 e. The maximum absolute atomic E-state index is 12.9. The lowest BCUT2D eigenvalue weighted by molar-refractivity contribution is 0.0924. The SMILES string of the molecule is CCOP(=O)(OCC)N1[C@@H]2CN(C(=O)OCc3ccccc3)CC[C@@H]21. The summed E-state index contributed by atoms with van der Waals surface area (Å²) in [7, 11) is -3.25. The molecular weight excluding hydrogens is 343 g/mol. The largest absolute Gasteiger partial charge is 0.445 e. The predicted octanol–water partition coefficient (Wildman–Crippen LogP) is 3.26. The van der Waals surface area contributed by atoms with E-state index in [0.717, 1.165) is 12.0 Å². The zero-order chi connectivity index (χ0) is 17.9. The summed E-state index contributed by atoms with van der Waals surface area (Å²) >= 11 is 0. The molecule has 2 heterocycles. The lowest BCUT2D eigenvalue weighted by atomic mass is 10.1. The highest BCUT2D eigenvalue weighted by Crippen LogP contribution is 2.63. The van der Waals surface area contributed by atoms with Crippen LogP contribution >= 0.6 is 7.75 Å². The van der Waals surface area contributed by atoms with Crippen molar-refractivity contribution in [1.29, 1.82) is 0 Å². The van der Waals surface area contributed by atoms with E-state index in [1.165, 1.54) is 0 Å². The summed E-state index contributed by atoms with van der Waals surface area (Å²) in [5, 5.41) is 0. The zero-order valence-electron chi connectivity index (χ0n) is 14.7.